The largest absolute Gasteiger partial charge is 0.497 e. The number of carbonyl (C=O) groups excluding carboxylic acids is 1. The molecule has 6 nitrogen and oxygen atoms in total. The first-order valence-electron chi connectivity index (χ1n) is 7.53. The van der Waals surface area contributed by atoms with Crippen LogP contribution >= 0.6 is 0 Å². The van der Waals surface area contributed by atoms with Crippen molar-refractivity contribution in [3.8, 4) is 5.75 Å². The molecule has 2 aromatic carbocycles. The number of ether oxygens (including phenoxy) is 1. The van der Waals surface area contributed by atoms with Crippen LogP contribution in [0.25, 0.3) is 10.8 Å². The molecule has 0 atom stereocenters. The molecule has 1 heterocycles. The second-order valence-electron chi connectivity index (χ2n) is 5.35. The number of carbonyl (C=O) groups is 1. The van der Waals surface area contributed by atoms with Gasteiger partial charge in [-0.05, 0) is 23.8 Å². The van der Waals surface area contributed by atoms with Gasteiger partial charge in [0.25, 0.3) is 5.56 Å². The number of hydrogen-bond acceptors (Lipinski definition) is 4. The number of nitrogens with one attached hydrogen (secondary N) is 2. The van der Waals surface area contributed by atoms with E-state index in [9.17, 15) is 9.59 Å². The molecule has 6 heteroatoms. The predicted molar refractivity (Wildman–Crippen MR) is 90.9 cm³/mol. The van der Waals surface area contributed by atoms with Crippen LogP contribution < -0.4 is 15.6 Å². The number of rotatable bonds is 5. The Labute approximate surface area is 138 Å². The Morgan fingerprint density at radius 1 is 1.12 bits per heavy atom. The molecule has 0 bridgehead atoms. The van der Waals surface area contributed by atoms with Gasteiger partial charge in [-0.1, -0.05) is 30.3 Å². The zero-order valence-corrected chi connectivity index (χ0v) is 13.2. The lowest BCUT2D eigenvalue weighted by molar-refractivity contribution is -0.120. The minimum atomic E-state index is -0.256. The van der Waals surface area contributed by atoms with E-state index in [1.807, 2.05) is 30.3 Å². The van der Waals surface area contributed by atoms with Crippen LogP contribution in [0.2, 0.25) is 0 Å². The molecule has 0 unspecified atom stereocenters. The second kappa shape index (κ2) is 6.95. The summed E-state index contributed by atoms with van der Waals surface area (Å²) in [6, 6.07) is 14.6. The summed E-state index contributed by atoms with van der Waals surface area (Å²) in [7, 11) is 1.61. The van der Waals surface area contributed by atoms with E-state index < -0.39 is 0 Å². The van der Waals surface area contributed by atoms with Crippen LogP contribution in [0.4, 0.5) is 0 Å². The van der Waals surface area contributed by atoms with E-state index in [1.165, 1.54) is 0 Å². The van der Waals surface area contributed by atoms with Crippen molar-refractivity contribution in [1.82, 2.24) is 15.5 Å². The Kier molecular flexibility index (Phi) is 4.56. The molecule has 0 aliphatic rings. The van der Waals surface area contributed by atoms with Crippen molar-refractivity contribution >= 4 is 16.7 Å². The van der Waals surface area contributed by atoms with E-state index in [-0.39, 0.29) is 17.9 Å². The van der Waals surface area contributed by atoms with Gasteiger partial charge in [-0.2, -0.15) is 5.10 Å². The van der Waals surface area contributed by atoms with Crippen molar-refractivity contribution in [3.05, 3.63) is 70.1 Å². The van der Waals surface area contributed by atoms with E-state index in [2.05, 4.69) is 15.5 Å². The summed E-state index contributed by atoms with van der Waals surface area (Å²) in [5.74, 6) is 0.615. The van der Waals surface area contributed by atoms with Crippen LogP contribution in [0.1, 0.15) is 11.3 Å². The summed E-state index contributed by atoms with van der Waals surface area (Å²) >= 11 is 0. The average Bonchev–Trinajstić information content (AvgIpc) is 2.63. The normalized spacial score (nSPS) is 10.5. The molecule has 0 spiro atoms. The zero-order valence-electron chi connectivity index (χ0n) is 13.2. The molecule has 0 aliphatic heterocycles. The summed E-state index contributed by atoms with van der Waals surface area (Å²) in [5.41, 5.74) is 1.27. The molecule has 1 aromatic heterocycles. The lowest BCUT2D eigenvalue weighted by Crippen LogP contribution is -2.25. The van der Waals surface area contributed by atoms with E-state index >= 15 is 0 Å². The minimum Gasteiger partial charge on any atom is -0.497 e. The standard InChI is InChI=1S/C18H17N3O3/c1-24-13-8-6-12(7-9-13)11-19-17(22)10-16-14-4-2-3-5-15(14)18(23)21-20-16/h2-9H,10-11H2,1H3,(H,19,22)(H,21,23). The van der Waals surface area contributed by atoms with Crippen LogP contribution in [-0.2, 0) is 17.8 Å². The molecule has 0 saturated carbocycles. The van der Waals surface area contributed by atoms with Crippen molar-refractivity contribution in [1.29, 1.82) is 0 Å². The summed E-state index contributed by atoms with van der Waals surface area (Å²) in [4.78, 5) is 23.9. The summed E-state index contributed by atoms with van der Waals surface area (Å²) in [6.45, 7) is 0.421. The minimum absolute atomic E-state index is 0.105. The van der Waals surface area contributed by atoms with Gasteiger partial charge in [-0.3, -0.25) is 9.59 Å². The Bertz CT molecular complexity index is 917. The van der Waals surface area contributed by atoms with Crippen LogP contribution in [0, 0.1) is 0 Å². The van der Waals surface area contributed by atoms with Gasteiger partial charge in [0.15, 0.2) is 0 Å². The van der Waals surface area contributed by atoms with E-state index in [0.29, 0.717) is 23.0 Å². The fourth-order valence-electron chi connectivity index (χ4n) is 2.46. The third-order valence-corrected chi connectivity index (χ3v) is 3.75. The SMILES string of the molecule is COc1ccc(CNC(=O)Cc2n[nH]c(=O)c3ccccc23)cc1. The number of nitrogens with zero attached hydrogens (tertiary/aromatic N) is 1. The molecule has 2 N–H and O–H groups in total. The molecule has 3 rings (SSSR count). The van der Waals surface area contributed by atoms with Gasteiger partial charge in [-0.25, -0.2) is 5.10 Å². The highest BCUT2D eigenvalue weighted by Crippen LogP contribution is 2.13. The molecule has 1 amide bonds. The van der Waals surface area contributed by atoms with Gasteiger partial charge < -0.3 is 10.1 Å². The Balaban J connectivity index is 1.69. The van der Waals surface area contributed by atoms with Gasteiger partial charge in [0.2, 0.25) is 5.91 Å². The van der Waals surface area contributed by atoms with Crippen LogP contribution in [0.5, 0.6) is 5.75 Å². The molecule has 122 valence electrons. The maximum Gasteiger partial charge on any atom is 0.272 e. The monoisotopic (exact) mass is 323 g/mol. The number of hydrogen-bond donors (Lipinski definition) is 2. The quantitative estimate of drug-likeness (QED) is 0.750. The molecule has 3 aromatic rings. The Hall–Kier alpha value is -3.15. The first-order chi connectivity index (χ1) is 11.7. The lowest BCUT2D eigenvalue weighted by atomic mass is 10.1. The number of H-pyrrole nitrogens is 1. The first kappa shape index (κ1) is 15.7. The molecule has 0 radical (unpaired) electrons. The molecular formula is C18H17N3O3. The van der Waals surface area contributed by atoms with Crippen molar-refractivity contribution in [2.75, 3.05) is 7.11 Å². The number of aromatic amines is 1. The lowest BCUT2D eigenvalue weighted by Gasteiger charge is -2.07. The first-order valence-corrected chi connectivity index (χ1v) is 7.53. The number of fused-ring (bicyclic) bond motifs is 1. The van der Waals surface area contributed by atoms with E-state index in [1.54, 1.807) is 25.3 Å². The summed E-state index contributed by atoms with van der Waals surface area (Å²) < 4.78 is 5.10. The van der Waals surface area contributed by atoms with Crippen LogP contribution in [0.15, 0.2) is 53.3 Å². The van der Waals surface area contributed by atoms with E-state index in [0.717, 1.165) is 11.3 Å². The van der Waals surface area contributed by atoms with Gasteiger partial charge in [-0.15, -0.1) is 0 Å². The molecule has 24 heavy (non-hydrogen) atoms. The maximum atomic E-state index is 12.2. The van der Waals surface area contributed by atoms with Crippen LogP contribution in [-0.4, -0.2) is 23.2 Å². The van der Waals surface area contributed by atoms with E-state index in [4.69, 9.17) is 4.74 Å². The third kappa shape index (κ3) is 3.43. The fraction of sp³-hybridized carbons (Fsp3) is 0.167. The predicted octanol–water partition coefficient (Wildman–Crippen LogP) is 1.79. The highest BCUT2D eigenvalue weighted by Gasteiger charge is 2.10. The fourth-order valence-corrected chi connectivity index (χ4v) is 2.46. The van der Waals surface area contributed by atoms with Crippen LogP contribution in [0.3, 0.4) is 0 Å². The summed E-state index contributed by atoms with van der Waals surface area (Å²) in [5, 5.41) is 10.5. The van der Waals surface area contributed by atoms with Gasteiger partial charge >= 0.3 is 0 Å². The Morgan fingerprint density at radius 2 is 1.83 bits per heavy atom. The molecular weight excluding hydrogens is 306 g/mol. The van der Waals surface area contributed by atoms with Crippen molar-refractivity contribution in [2.45, 2.75) is 13.0 Å². The topological polar surface area (TPSA) is 84.1 Å². The molecule has 0 aliphatic carbocycles. The third-order valence-electron chi connectivity index (χ3n) is 3.75. The van der Waals surface area contributed by atoms with Crippen molar-refractivity contribution in [2.24, 2.45) is 0 Å². The average molecular weight is 323 g/mol. The molecule has 0 saturated heterocycles. The number of amides is 1. The van der Waals surface area contributed by atoms with Gasteiger partial charge in [0.05, 0.1) is 24.6 Å². The smallest absolute Gasteiger partial charge is 0.272 e. The van der Waals surface area contributed by atoms with Crippen molar-refractivity contribution < 1.29 is 9.53 Å². The van der Waals surface area contributed by atoms with Gasteiger partial charge in [0, 0.05) is 11.9 Å². The highest BCUT2D eigenvalue weighted by molar-refractivity contribution is 5.88. The Morgan fingerprint density at radius 3 is 2.54 bits per heavy atom. The second-order valence-corrected chi connectivity index (χ2v) is 5.35. The maximum absolute atomic E-state index is 12.2. The van der Waals surface area contributed by atoms with Gasteiger partial charge in [0.1, 0.15) is 5.75 Å². The van der Waals surface area contributed by atoms with Crippen molar-refractivity contribution in [3.63, 3.8) is 0 Å². The number of methoxy groups -OCH3 is 1. The summed E-state index contributed by atoms with van der Waals surface area (Å²) in [6.07, 6.45) is 0.105. The number of benzene rings is 2. The molecule has 0 fully saturated rings. The zero-order chi connectivity index (χ0) is 16.9. The number of aromatic nitrogens is 2. The highest BCUT2D eigenvalue weighted by atomic mass is 16.5.